The van der Waals surface area contributed by atoms with E-state index in [1.165, 1.54) is 6.92 Å². The highest BCUT2D eigenvalue weighted by atomic mass is 19.4. The van der Waals surface area contributed by atoms with Crippen LogP contribution in [0.15, 0.2) is 18.2 Å². The summed E-state index contributed by atoms with van der Waals surface area (Å²) in [6, 6.07) is 1.05. The quantitative estimate of drug-likeness (QED) is 0.212. The van der Waals surface area contributed by atoms with Gasteiger partial charge in [0.05, 0.1) is 41.3 Å². The van der Waals surface area contributed by atoms with Gasteiger partial charge < -0.3 is 25.2 Å². The largest absolute Gasteiger partial charge is 0.461 e. The lowest BCUT2D eigenvalue weighted by atomic mass is 9.90. The minimum atomic E-state index is -4.90. The van der Waals surface area contributed by atoms with Gasteiger partial charge in [-0.05, 0) is 57.6 Å². The summed E-state index contributed by atoms with van der Waals surface area (Å²) in [6.07, 6.45) is -2.23. The van der Waals surface area contributed by atoms with Crippen LogP contribution in [0.2, 0.25) is 0 Å². The standard InChI is InChI=1S/C33H37F4N5O3/c1-3-5-20-10-23(38)29(34)27(28(20)33(35,36)37)26-11-24-22(16-44-26)30(41-14-19-8-21(15-41)25(43)9-19)40-31(39-24)45-17-32-6-4-7-42(32)13-18(2)12-32/h10,19,21,25-26,43H,2,4,6-9,11-17,38H2,1H3/t19-,21-,25-,26-,32+/m1/s1. The highest BCUT2D eigenvalue weighted by molar-refractivity contribution is 5.59. The van der Waals surface area contributed by atoms with Crippen molar-refractivity contribution in [2.45, 2.75) is 76.0 Å². The maximum Gasteiger partial charge on any atom is 0.418 e. The first-order valence-corrected chi connectivity index (χ1v) is 15.6. The van der Waals surface area contributed by atoms with Gasteiger partial charge in [0.1, 0.15) is 12.4 Å². The van der Waals surface area contributed by atoms with Gasteiger partial charge in [0.25, 0.3) is 0 Å². The third kappa shape index (κ3) is 5.32. The van der Waals surface area contributed by atoms with E-state index in [-0.39, 0.29) is 36.6 Å². The van der Waals surface area contributed by atoms with Crippen LogP contribution in [-0.4, -0.2) is 64.4 Å². The average Bonchev–Trinajstić information content (AvgIpc) is 3.60. The molecule has 12 heteroatoms. The van der Waals surface area contributed by atoms with Crippen molar-refractivity contribution in [3.8, 4) is 17.9 Å². The zero-order valence-corrected chi connectivity index (χ0v) is 25.2. The molecule has 5 aliphatic rings. The third-order valence-corrected chi connectivity index (χ3v) is 10.2. The molecule has 45 heavy (non-hydrogen) atoms. The summed E-state index contributed by atoms with van der Waals surface area (Å²) in [5, 5.41) is 10.6. The number of halogens is 4. The van der Waals surface area contributed by atoms with E-state index in [2.05, 4.69) is 28.2 Å². The van der Waals surface area contributed by atoms with Crippen molar-refractivity contribution in [3.05, 3.63) is 52.0 Å². The molecule has 5 heterocycles. The molecule has 8 nitrogen and oxygen atoms in total. The number of ether oxygens (including phenoxy) is 2. The second-order valence-electron chi connectivity index (χ2n) is 13.3. The molecule has 240 valence electrons. The van der Waals surface area contributed by atoms with E-state index < -0.39 is 40.5 Å². The molecule has 1 aliphatic carbocycles. The zero-order chi connectivity index (χ0) is 31.7. The SMILES string of the molecule is C=C1CN2CCC[C@@]2(COc2nc3c(c(N4C[C@@H]5C[C@H](C4)[C@H](O)C5)n2)CO[C@@H](c2c(F)c(N)cc(C#CC)c2C(F)(F)F)C3)C1. The van der Waals surface area contributed by atoms with Gasteiger partial charge in [-0.1, -0.05) is 18.1 Å². The lowest BCUT2D eigenvalue weighted by molar-refractivity contribution is -0.140. The summed E-state index contributed by atoms with van der Waals surface area (Å²) in [7, 11) is 0. The number of aliphatic hydroxyl groups is 1. The Balaban J connectivity index is 1.27. The minimum absolute atomic E-state index is 0.0975. The summed E-state index contributed by atoms with van der Waals surface area (Å²) in [5.41, 5.74) is 5.22. The van der Waals surface area contributed by atoms with Crippen molar-refractivity contribution in [2.24, 2.45) is 11.8 Å². The molecule has 2 aromatic rings. The van der Waals surface area contributed by atoms with Crippen molar-refractivity contribution in [1.29, 1.82) is 0 Å². The van der Waals surface area contributed by atoms with E-state index in [1.54, 1.807) is 0 Å². The van der Waals surface area contributed by atoms with Gasteiger partial charge in [-0.2, -0.15) is 23.1 Å². The Kier molecular flexibility index (Phi) is 7.49. The van der Waals surface area contributed by atoms with Gasteiger partial charge in [0.2, 0.25) is 0 Å². The number of anilines is 2. The Hall–Kier alpha value is -3.40. The average molecular weight is 628 g/mol. The van der Waals surface area contributed by atoms with Crippen LogP contribution in [0.25, 0.3) is 0 Å². The van der Waals surface area contributed by atoms with Crippen LogP contribution in [0.3, 0.4) is 0 Å². The van der Waals surface area contributed by atoms with Crippen molar-refractivity contribution >= 4 is 11.5 Å². The van der Waals surface area contributed by atoms with E-state index in [0.717, 1.165) is 56.8 Å². The van der Waals surface area contributed by atoms with Gasteiger partial charge in [0.15, 0.2) is 5.82 Å². The molecule has 2 bridgehead atoms. The second-order valence-corrected chi connectivity index (χ2v) is 13.3. The second kappa shape index (κ2) is 11.1. The van der Waals surface area contributed by atoms with Gasteiger partial charge in [-0.15, -0.1) is 5.92 Å². The number of aromatic nitrogens is 2. The fourth-order valence-corrected chi connectivity index (χ4v) is 8.33. The summed E-state index contributed by atoms with van der Waals surface area (Å²) < 4.78 is 71.2. The predicted molar refractivity (Wildman–Crippen MR) is 159 cm³/mol. The highest BCUT2D eigenvalue weighted by Crippen LogP contribution is 2.46. The topological polar surface area (TPSA) is 97.0 Å². The van der Waals surface area contributed by atoms with Crippen LogP contribution in [0.4, 0.5) is 29.1 Å². The highest BCUT2D eigenvalue weighted by Gasteiger charge is 2.47. The summed E-state index contributed by atoms with van der Waals surface area (Å²) >= 11 is 0. The van der Waals surface area contributed by atoms with E-state index >= 15 is 4.39 Å². The minimum Gasteiger partial charge on any atom is -0.461 e. The fraction of sp³-hybridized carbons (Fsp3) is 0.576. The van der Waals surface area contributed by atoms with Crippen molar-refractivity contribution < 1.29 is 32.1 Å². The molecular formula is C33H37F4N5O3. The number of alkyl halides is 3. The van der Waals surface area contributed by atoms with Gasteiger partial charge in [-0.25, -0.2) is 4.39 Å². The zero-order valence-electron chi connectivity index (χ0n) is 25.2. The van der Waals surface area contributed by atoms with E-state index in [1.807, 2.05) is 0 Å². The molecule has 3 saturated heterocycles. The molecule has 0 unspecified atom stereocenters. The Bertz CT molecular complexity index is 1600. The maximum atomic E-state index is 15.5. The Morgan fingerprint density at radius 3 is 2.84 bits per heavy atom. The Labute approximate surface area is 259 Å². The number of rotatable bonds is 5. The maximum absolute atomic E-state index is 15.5. The number of piperidine rings is 1. The van der Waals surface area contributed by atoms with E-state index in [0.29, 0.717) is 42.7 Å². The normalized spacial score (nSPS) is 29.4. The van der Waals surface area contributed by atoms with Gasteiger partial charge in [0, 0.05) is 48.7 Å². The number of aliphatic hydroxyl groups excluding tert-OH is 1. The first-order valence-electron chi connectivity index (χ1n) is 15.6. The molecule has 5 atom stereocenters. The fourth-order valence-electron chi connectivity index (χ4n) is 8.33. The van der Waals surface area contributed by atoms with Crippen molar-refractivity contribution in [1.82, 2.24) is 14.9 Å². The smallest absolute Gasteiger partial charge is 0.418 e. The Morgan fingerprint density at radius 1 is 1.27 bits per heavy atom. The number of nitrogen functional groups attached to an aromatic ring is 1. The van der Waals surface area contributed by atoms with Crippen LogP contribution >= 0.6 is 0 Å². The number of nitrogens with zero attached hydrogens (tertiary/aromatic N) is 4. The van der Waals surface area contributed by atoms with Crippen LogP contribution in [-0.2, 0) is 23.9 Å². The molecular weight excluding hydrogens is 590 g/mol. The molecule has 0 amide bonds. The van der Waals surface area contributed by atoms with Gasteiger partial charge in [-0.3, -0.25) is 4.90 Å². The molecule has 1 aromatic carbocycles. The number of benzene rings is 1. The number of hydrogen-bond acceptors (Lipinski definition) is 8. The molecule has 1 saturated carbocycles. The first-order chi connectivity index (χ1) is 21.5. The number of nitrogens with two attached hydrogens (primary N) is 1. The molecule has 4 aliphatic heterocycles. The predicted octanol–water partition coefficient (Wildman–Crippen LogP) is 4.78. The molecule has 1 aromatic heterocycles. The lowest BCUT2D eigenvalue weighted by Gasteiger charge is -2.36. The summed E-state index contributed by atoms with van der Waals surface area (Å²) in [6.45, 7) is 8.89. The van der Waals surface area contributed by atoms with Gasteiger partial charge >= 0.3 is 12.2 Å². The van der Waals surface area contributed by atoms with Crippen LogP contribution in [0.5, 0.6) is 6.01 Å². The van der Waals surface area contributed by atoms with Crippen molar-refractivity contribution in [2.75, 3.05) is 43.4 Å². The molecule has 7 rings (SSSR count). The summed E-state index contributed by atoms with van der Waals surface area (Å²) in [4.78, 5) is 14.1. The molecule has 4 fully saturated rings. The first kappa shape index (κ1) is 30.3. The molecule has 0 spiro atoms. The monoisotopic (exact) mass is 627 g/mol. The molecule has 3 N–H and O–H groups in total. The number of hydrogen-bond donors (Lipinski definition) is 2. The van der Waals surface area contributed by atoms with E-state index in [4.69, 9.17) is 25.2 Å². The Morgan fingerprint density at radius 2 is 2.09 bits per heavy atom. The number of fused-ring (bicyclic) bond motifs is 4. The molecule has 0 radical (unpaired) electrons. The third-order valence-electron chi connectivity index (χ3n) is 10.2. The van der Waals surface area contributed by atoms with Crippen molar-refractivity contribution in [3.63, 3.8) is 0 Å². The van der Waals surface area contributed by atoms with Crippen LogP contribution < -0.4 is 15.4 Å². The summed E-state index contributed by atoms with van der Waals surface area (Å²) in [5.74, 6) is 4.73. The van der Waals surface area contributed by atoms with E-state index in [9.17, 15) is 18.3 Å². The lowest BCUT2D eigenvalue weighted by Crippen LogP contribution is -2.43. The van der Waals surface area contributed by atoms with Crippen LogP contribution in [0.1, 0.15) is 73.1 Å². The van der Waals surface area contributed by atoms with Crippen LogP contribution in [0, 0.1) is 29.5 Å².